The Morgan fingerprint density at radius 1 is 1.43 bits per heavy atom. The number of carbonyl (C=O) groups excluding carboxylic acids is 1. The van der Waals surface area contributed by atoms with Gasteiger partial charge in [0.2, 0.25) is 0 Å². The first-order valence-electron chi connectivity index (χ1n) is 7.13. The maximum Gasteiger partial charge on any atom is 0.257 e. The number of nitrogens with zero attached hydrogens (tertiary/aromatic N) is 4. The van der Waals surface area contributed by atoms with Gasteiger partial charge in [-0.15, -0.1) is 0 Å². The molecule has 0 radical (unpaired) electrons. The van der Waals surface area contributed by atoms with Crippen LogP contribution in [0.5, 0.6) is 0 Å². The molecule has 0 N–H and O–H groups in total. The number of hydrogen-bond acceptors (Lipinski definition) is 4. The Hall–Kier alpha value is -2.21. The Labute approximate surface area is 123 Å². The molecule has 1 aliphatic rings. The highest BCUT2D eigenvalue weighted by atomic mass is 16.5. The minimum atomic E-state index is 0.0189. The number of carbonyl (C=O) groups is 1. The summed E-state index contributed by atoms with van der Waals surface area (Å²) < 4.78 is 7.13. The summed E-state index contributed by atoms with van der Waals surface area (Å²) in [6.45, 7) is 3.92. The normalized spacial score (nSPS) is 18.7. The van der Waals surface area contributed by atoms with Crippen molar-refractivity contribution in [3.05, 3.63) is 42.5 Å². The van der Waals surface area contributed by atoms with Crippen LogP contribution in [0.3, 0.4) is 0 Å². The maximum atomic E-state index is 12.6. The molecule has 2 aromatic heterocycles. The zero-order valence-electron chi connectivity index (χ0n) is 12.0. The number of amides is 1. The first-order chi connectivity index (χ1) is 10.3. The second-order valence-corrected chi connectivity index (χ2v) is 5.01. The third-order valence-corrected chi connectivity index (χ3v) is 3.72. The third kappa shape index (κ3) is 2.80. The highest BCUT2D eigenvalue weighted by Crippen LogP contribution is 2.15. The Morgan fingerprint density at radius 2 is 2.24 bits per heavy atom. The summed E-state index contributed by atoms with van der Waals surface area (Å²) in [6.07, 6.45) is 7.68. The summed E-state index contributed by atoms with van der Waals surface area (Å²) in [5.74, 6) is 0.0189. The molecule has 0 aromatic carbocycles. The van der Waals surface area contributed by atoms with Crippen LogP contribution in [0, 0.1) is 0 Å². The molecule has 1 saturated heterocycles. The number of rotatable bonds is 3. The summed E-state index contributed by atoms with van der Waals surface area (Å²) in [5, 5.41) is 4.26. The average molecular weight is 286 g/mol. The first-order valence-corrected chi connectivity index (χ1v) is 7.13. The van der Waals surface area contributed by atoms with E-state index >= 15 is 0 Å². The van der Waals surface area contributed by atoms with Crippen molar-refractivity contribution in [2.75, 3.05) is 19.8 Å². The fraction of sp³-hybridized carbons (Fsp3) is 0.400. The van der Waals surface area contributed by atoms with Crippen molar-refractivity contribution < 1.29 is 9.53 Å². The maximum absolute atomic E-state index is 12.6. The van der Waals surface area contributed by atoms with E-state index in [0.29, 0.717) is 25.3 Å². The topological polar surface area (TPSA) is 60.2 Å². The number of hydrogen-bond donors (Lipinski definition) is 0. The van der Waals surface area contributed by atoms with Crippen LogP contribution in [0.15, 0.2) is 36.9 Å². The van der Waals surface area contributed by atoms with E-state index in [1.54, 1.807) is 29.5 Å². The molecule has 3 heterocycles. The Balaban J connectivity index is 1.81. The van der Waals surface area contributed by atoms with Crippen LogP contribution in [-0.2, 0) is 4.74 Å². The van der Waals surface area contributed by atoms with Gasteiger partial charge in [0.1, 0.15) is 0 Å². The minimum absolute atomic E-state index is 0.0189. The summed E-state index contributed by atoms with van der Waals surface area (Å²) in [7, 11) is 0. The van der Waals surface area contributed by atoms with Gasteiger partial charge in [0.05, 0.1) is 36.7 Å². The van der Waals surface area contributed by atoms with E-state index in [1.807, 2.05) is 17.0 Å². The monoisotopic (exact) mass is 286 g/mol. The molecule has 0 bridgehead atoms. The highest BCUT2D eigenvalue weighted by molar-refractivity contribution is 5.94. The smallest absolute Gasteiger partial charge is 0.257 e. The van der Waals surface area contributed by atoms with E-state index in [2.05, 4.69) is 17.0 Å². The Morgan fingerprint density at radius 3 is 3.00 bits per heavy atom. The average Bonchev–Trinajstić information content (AvgIpc) is 3.05. The van der Waals surface area contributed by atoms with Crippen molar-refractivity contribution in [1.29, 1.82) is 0 Å². The fourth-order valence-electron chi connectivity index (χ4n) is 2.50. The largest absolute Gasteiger partial charge is 0.377 e. The van der Waals surface area contributed by atoms with Crippen LogP contribution in [-0.4, -0.2) is 51.4 Å². The zero-order chi connectivity index (χ0) is 14.7. The predicted octanol–water partition coefficient (Wildman–Crippen LogP) is 1.52. The van der Waals surface area contributed by atoms with Gasteiger partial charge in [-0.25, -0.2) is 4.68 Å². The van der Waals surface area contributed by atoms with Gasteiger partial charge in [-0.3, -0.25) is 9.78 Å². The molecular formula is C15H18N4O2. The molecule has 6 heteroatoms. The predicted molar refractivity (Wildman–Crippen MR) is 77.3 cm³/mol. The van der Waals surface area contributed by atoms with E-state index in [1.165, 1.54) is 0 Å². The summed E-state index contributed by atoms with van der Waals surface area (Å²) in [4.78, 5) is 18.5. The van der Waals surface area contributed by atoms with E-state index in [0.717, 1.165) is 12.1 Å². The molecule has 21 heavy (non-hydrogen) atoms. The molecule has 1 fully saturated rings. The van der Waals surface area contributed by atoms with Crippen molar-refractivity contribution in [3.63, 3.8) is 0 Å². The van der Waals surface area contributed by atoms with Crippen molar-refractivity contribution in [2.24, 2.45) is 0 Å². The molecule has 6 nitrogen and oxygen atoms in total. The van der Waals surface area contributed by atoms with Crippen molar-refractivity contribution >= 4 is 5.91 Å². The summed E-state index contributed by atoms with van der Waals surface area (Å²) in [5.41, 5.74) is 1.49. The molecule has 1 amide bonds. The van der Waals surface area contributed by atoms with Crippen LogP contribution in [0.2, 0.25) is 0 Å². The second-order valence-electron chi connectivity index (χ2n) is 5.01. The van der Waals surface area contributed by atoms with Gasteiger partial charge in [0.25, 0.3) is 5.91 Å². The molecule has 1 atom stereocenters. The molecule has 0 spiro atoms. The minimum Gasteiger partial charge on any atom is -0.377 e. The summed E-state index contributed by atoms with van der Waals surface area (Å²) >= 11 is 0. The number of ether oxygens (including phenoxy) is 1. The molecule has 0 aliphatic carbocycles. The number of morpholine rings is 1. The van der Waals surface area contributed by atoms with Gasteiger partial charge in [-0.05, 0) is 18.6 Å². The van der Waals surface area contributed by atoms with Gasteiger partial charge < -0.3 is 9.64 Å². The molecule has 1 aliphatic heterocycles. The van der Waals surface area contributed by atoms with Gasteiger partial charge in [0, 0.05) is 25.1 Å². The Bertz CT molecular complexity index is 611. The van der Waals surface area contributed by atoms with Crippen LogP contribution < -0.4 is 0 Å². The molecule has 110 valence electrons. The number of aromatic nitrogens is 3. The van der Waals surface area contributed by atoms with E-state index in [-0.39, 0.29) is 11.9 Å². The quantitative estimate of drug-likeness (QED) is 0.858. The lowest BCUT2D eigenvalue weighted by molar-refractivity contribution is -0.00279. The number of pyridine rings is 1. The lowest BCUT2D eigenvalue weighted by Gasteiger charge is -2.34. The molecular weight excluding hydrogens is 268 g/mol. The van der Waals surface area contributed by atoms with E-state index in [9.17, 15) is 4.79 Å². The SMILES string of the molecule is CCC1COCCN1C(=O)c1cnn(-c2ccncc2)c1. The van der Waals surface area contributed by atoms with Crippen LogP contribution >= 0.6 is 0 Å². The van der Waals surface area contributed by atoms with Gasteiger partial charge in [-0.2, -0.15) is 5.10 Å². The molecule has 0 saturated carbocycles. The van der Waals surface area contributed by atoms with Crippen LogP contribution in [0.4, 0.5) is 0 Å². The van der Waals surface area contributed by atoms with Crippen molar-refractivity contribution in [1.82, 2.24) is 19.7 Å². The molecule has 3 rings (SSSR count). The molecule has 1 unspecified atom stereocenters. The van der Waals surface area contributed by atoms with Crippen LogP contribution in [0.1, 0.15) is 23.7 Å². The molecule has 2 aromatic rings. The lowest BCUT2D eigenvalue weighted by atomic mass is 10.1. The first kappa shape index (κ1) is 13.8. The van der Waals surface area contributed by atoms with Gasteiger partial charge in [0.15, 0.2) is 0 Å². The fourth-order valence-corrected chi connectivity index (χ4v) is 2.50. The van der Waals surface area contributed by atoms with Crippen molar-refractivity contribution in [3.8, 4) is 5.69 Å². The summed E-state index contributed by atoms with van der Waals surface area (Å²) in [6, 6.07) is 3.85. The van der Waals surface area contributed by atoms with E-state index < -0.39 is 0 Å². The lowest BCUT2D eigenvalue weighted by Crippen LogP contribution is -2.48. The second kappa shape index (κ2) is 6.05. The zero-order valence-corrected chi connectivity index (χ0v) is 12.0. The highest BCUT2D eigenvalue weighted by Gasteiger charge is 2.27. The van der Waals surface area contributed by atoms with Gasteiger partial charge >= 0.3 is 0 Å². The third-order valence-electron chi connectivity index (χ3n) is 3.72. The van der Waals surface area contributed by atoms with Gasteiger partial charge in [-0.1, -0.05) is 6.92 Å². The standard InChI is InChI=1S/C15H18N4O2/c1-2-13-11-21-8-7-18(13)15(20)12-9-17-19(10-12)14-3-5-16-6-4-14/h3-6,9-10,13H,2,7-8,11H2,1H3. The Kier molecular flexibility index (Phi) is 3.96. The van der Waals surface area contributed by atoms with Crippen molar-refractivity contribution in [2.45, 2.75) is 19.4 Å². The van der Waals surface area contributed by atoms with E-state index in [4.69, 9.17) is 4.74 Å². The van der Waals surface area contributed by atoms with Crippen LogP contribution in [0.25, 0.3) is 5.69 Å².